The number of hydrogen-bond donors (Lipinski definition) is 0. The smallest absolute Gasteiger partial charge is 0.130 e. The van der Waals surface area contributed by atoms with Crippen LogP contribution in [0.3, 0.4) is 0 Å². The van der Waals surface area contributed by atoms with E-state index in [1.54, 1.807) is 0 Å². The molecular formula is C12H9ClOS. The number of halogens is 1. The first-order chi connectivity index (χ1) is 7.33. The lowest BCUT2D eigenvalue weighted by Gasteiger charge is -2.05. The Hall–Kier alpha value is -0.990. The highest BCUT2D eigenvalue weighted by Gasteiger charge is 2.04. The van der Waals surface area contributed by atoms with Crippen molar-refractivity contribution in [2.45, 2.75) is 4.90 Å². The van der Waals surface area contributed by atoms with E-state index in [4.69, 9.17) is 11.6 Å². The predicted octanol–water partition coefficient (Wildman–Crippen LogP) is 3.78. The van der Waals surface area contributed by atoms with Crippen LogP contribution >= 0.6 is 23.4 Å². The van der Waals surface area contributed by atoms with Crippen molar-refractivity contribution in [3.05, 3.63) is 41.4 Å². The van der Waals surface area contributed by atoms with Crippen LogP contribution in [-0.2, 0) is 4.79 Å². The summed E-state index contributed by atoms with van der Waals surface area (Å²) in [5, 5.41) is 2.88. The first-order valence-electron chi connectivity index (χ1n) is 4.56. The van der Waals surface area contributed by atoms with Gasteiger partial charge in [0.25, 0.3) is 0 Å². The zero-order valence-electron chi connectivity index (χ0n) is 7.94. The van der Waals surface area contributed by atoms with Crippen molar-refractivity contribution in [1.29, 1.82) is 0 Å². The Morgan fingerprint density at radius 2 is 1.93 bits per heavy atom. The summed E-state index contributed by atoms with van der Waals surface area (Å²) >= 11 is 7.65. The molecule has 2 rings (SSSR count). The van der Waals surface area contributed by atoms with Crippen molar-refractivity contribution in [3.63, 3.8) is 0 Å². The van der Waals surface area contributed by atoms with Crippen molar-refractivity contribution in [3.8, 4) is 0 Å². The Balaban J connectivity index is 2.58. The number of carbonyl (C=O) groups excluding carboxylic acids is 1. The van der Waals surface area contributed by atoms with Gasteiger partial charge < -0.3 is 4.79 Å². The lowest BCUT2D eigenvalue weighted by Crippen LogP contribution is -1.82. The molecule has 0 fully saturated rings. The molecule has 0 aromatic heterocycles. The molecule has 0 aliphatic heterocycles. The van der Waals surface area contributed by atoms with E-state index in [0.29, 0.717) is 5.75 Å². The number of rotatable bonds is 3. The van der Waals surface area contributed by atoms with E-state index in [0.717, 1.165) is 27.0 Å². The van der Waals surface area contributed by atoms with Crippen LogP contribution in [0.2, 0.25) is 5.02 Å². The van der Waals surface area contributed by atoms with Crippen LogP contribution in [0.25, 0.3) is 10.8 Å². The second-order valence-electron chi connectivity index (χ2n) is 3.07. The number of hydrogen-bond acceptors (Lipinski definition) is 2. The highest BCUT2D eigenvalue weighted by Crippen LogP contribution is 2.32. The maximum absolute atomic E-state index is 10.3. The van der Waals surface area contributed by atoms with Gasteiger partial charge in [-0.25, -0.2) is 0 Å². The summed E-state index contributed by atoms with van der Waals surface area (Å²) in [7, 11) is 0. The topological polar surface area (TPSA) is 17.1 Å². The molecule has 1 nitrogen and oxygen atoms in total. The zero-order valence-corrected chi connectivity index (χ0v) is 9.52. The third-order valence-electron chi connectivity index (χ3n) is 2.12. The van der Waals surface area contributed by atoms with Crippen LogP contribution in [0, 0.1) is 0 Å². The molecule has 0 bridgehead atoms. The lowest BCUT2D eigenvalue weighted by molar-refractivity contribution is -0.105. The summed E-state index contributed by atoms with van der Waals surface area (Å²) in [6, 6.07) is 11.8. The van der Waals surface area contributed by atoms with E-state index in [9.17, 15) is 4.79 Å². The fourth-order valence-corrected chi connectivity index (χ4v) is 2.64. The average Bonchev–Trinajstić information content (AvgIpc) is 2.26. The zero-order chi connectivity index (χ0) is 10.7. The van der Waals surface area contributed by atoms with Crippen molar-refractivity contribution >= 4 is 40.4 Å². The fraction of sp³-hybridized carbons (Fsp3) is 0.0833. The Kier molecular flexibility index (Phi) is 3.29. The average molecular weight is 237 g/mol. The maximum Gasteiger partial charge on any atom is 0.130 e. The number of fused-ring (bicyclic) bond motifs is 1. The molecule has 0 spiro atoms. The molecule has 0 saturated carbocycles. The third-order valence-corrected chi connectivity index (χ3v) is 3.39. The van der Waals surface area contributed by atoms with Gasteiger partial charge in [-0.1, -0.05) is 35.9 Å². The van der Waals surface area contributed by atoms with Crippen molar-refractivity contribution in [1.82, 2.24) is 0 Å². The van der Waals surface area contributed by atoms with Gasteiger partial charge in [-0.05, 0) is 17.5 Å². The number of aldehydes is 1. The highest BCUT2D eigenvalue weighted by molar-refractivity contribution is 8.00. The molecule has 0 radical (unpaired) electrons. The van der Waals surface area contributed by atoms with Crippen LogP contribution < -0.4 is 0 Å². The molecule has 0 saturated heterocycles. The molecule has 2 aromatic carbocycles. The van der Waals surface area contributed by atoms with Crippen LogP contribution in [-0.4, -0.2) is 12.0 Å². The number of thioether (sulfide) groups is 1. The van der Waals surface area contributed by atoms with Gasteiger partial charge >= 0.3 is 0 Å². The van der Waals surface area contributed by atoms with Crippen molar-refractivity contribution in [2.24, 2.45) is 0 Å². The Morgan fingerprint density at radius 1 is 1.20 bits per heavy atom. The second kappa shape index (κ2) is 4.69. The molecule has 3 heteroatoms. The molecule has 0 aliphatic carbocycles. The third kappa shape index (κ3) is 2.16. The molecular weight excluding hydrogens is 228 g/mol. The first-order valence-corrected chi connectivity index (χ1v) is 5.93. The van der Waals surface area contributed by atoms with E-state index < -0.39 is 0 Å². The minimum absolute atomic E-state index is 0.463. The van der Waals surface area contributed by atoms with Crippen LogP contribution in [0.5, 0.6) is 0 Å². The lowest BCUT2D eigenvalue weighted by atomic mass is 10.1. The Morgan fingerprint density at radius 3 is 2.67 bits per heavy atom. The minimum Gasteiger partial charge on any atom is -0.302 e. The number of carbonyl (C=O) groups is 1. The molecule has 15 heavy (non-hydrogen) atoms. The van der Waals surface area contributed by atoms with Gasteiger partial charge in [-0.2, -0.15) is 0 Å². The quantitative estimate of drug-likeness (QED) is 0.596. The van der Waals surface area contributed by atoms with Crippen LogP contribution in [0.15, 0.2) is 41.3 Å². The van der Waals surface area contributed by atoms with Crippen LogP contribution in [0.1, 0.15) is 0 Å². The van der Waals surface area contributed by atoms with E-state index in [1.165, 1.54) is 11.8 Å². The summed E-state index contributed by atoms with van der Waals surface area (Å²) in [4.78, 5) is 11.4. The Labute approximate surface area is 97.4 Å². The molecule has 0 amide bonds. The summed E-state index contributed by atoms with van der Waals surface area (Å²) in [6.07, 6.45) is 0.903. The van der Waals surface area contributed by atoms with E-state index in [2.05, 4.69) is 0 Å². The maximum atomic E-state index is 10.3. The summed E-state index contributed by atoms with van der Waals surface area (Å²) in [5.74, 6) is 0.463. The largest absolute Gasteiger partial charge is 0.302 e. The Bertz CT molecular complexity index is 491. The fourth-order valence-electron chi connectivity index (χ4n) is 1.51. The monoisotopic (exact) mass is 236 g/mol. The number of benzene rings is 2. The standard InChI is InChI=1S/C12H9ClOS/c13-10-5-1-3-9-4-2-6-11(12(9)10)15-8-7-14/h1-7H,8H2. The molecule has 76 valence electrons. The highest BCUT2D eigenvalue weighted by atomic mass is 35.5. The van der Waals surface area contributed by atoms with Gasteiger partial charge in [0.15, 0.2) is 0 Å². The van der Waals surface area contributed by atoms with E-state index >= 15 is 0 Å². The van der Waals surface area contributed by atoms with Gasteiger partial charge in [0.05, 0.1) is 5.75 Å². The SMILES string of the molecule is O=CCSc1cccc2cccc(Cl)c12. The second-order valence-corrected chi connectivity index (χ2v) is 4.54. The van der Waals surface area contributed by atoms with Gasteiger partial charge in [0.1, 0.15) is 6.29 Å². The molecule has 0 atom stereocenters. The minimum atomic E-state index is 0.463. The molecule has 2 aromatic rings. The van der Waals surface area contributed by atoms with E-state index in [1.807, 2.05) is 36.4 Å². The molecule has 0 aliphatic rings. The van der Waals surface area contributed by atoms with Crippen LogP contribution in [0.4, 0.5) is 0 Å². The van der Waals surface area contributed by atoms with Crippen molar-refractivity contribution < 1.29 is 4.79 Å². The molecule has 0 unspecified atom stereocenters. The van der Waals surface area contributed by atoms with Gasteiger partial charge in [0.2, 0.25) is 0 Å². The van der Waals surface area contributed by atoms with Gasteiger partial charge in [0, 0.05) is 15.3 Å². The summed E-state index contributed by atoms with van der Waals surface area (Å²) in [6.45, 7) is 0. The summed E-state index contributed by atoms with van der Waals surface area (Å²) in [5.41, 5.74) is 0. The van der Waals surface area contributed by atoms with Gasteiger partial charge in [-0.15, -0.1) is 11.8 Å². The molecule has 0 N–H and O–H groups in total. The predicted molar refractivity (Wildman–Crippen MR) is 65.7 cm³/mol. The summed E-state index contributed by atoms with van der Waals surface area (Å²) < 4.78 is 0. The van der Waals surface area contributed by atoms with Gasteiger partial charge in [-0.3, -0.25) is 0 Å². The first kappa shape index (κ1) is 10.5. The normalized spacial score (nSPS) is 10.5. The molecule has 0 heterocycles. The van der Waals surface area contributed by atoms with E-state index in [-0.39, 0.29) is 0 Å². The van der Waals surface area contributed by atoms with Crippen molar-refractivity contribution in [2.75, 3.05) is 5.75 Å².